The molecule has 0 unspecified atom stereocenters. The first-order valence-electron chi connectivity index (χ1n) is 8.30. The maximum Gasteiger partial charge on any atom is 0.226 e. The molecule has 2 aromatic rings. The number of benzene rings is 1. The zero-order chi connectivity index (χ0) is 15.8. The number of aromatic nitrogens is 2. The molecule has 1 aromatic heterocycles. The van der Waals surface area contributed by atoms with Crippen molar-refractivity contribution in [3.8, 4) is 0 Å². The predicted octanol–water partition coefficient (Wildman–Crippen LogP) is 1.87. The Labute approximate surface area is 136 Å². The number of anilines is 1. The Morgan fingerprint density at radius 3 is 2.52 bits per heavy atom. The van der Waals surface area contributed by atoms with E-state index in [1.54, 1.807) is 0 Å². The number of para-hydroxylation sites is 1. The Morgan fingerprint density at radius 2 is 1.87 bits per heavy atom. The summed E-state index contributed by atoms with van der Waals surface area (Å²) in [7, 11) is 1.92. The molecule has 1 saturated heterocycles. The highest BCUT2D eigenvalue weighted by Gasteiger charge is 2.46. The van der Waals surface area contributed by atoms with Crippen molar-refractivity contribution in [2.45, 2.75) is 12.3 Å². The minimum Gasteiger partial charge on any atom is -0.368 e. The fraction of sp³-hybridized carbons (Fsp3) is 0.444. The third-order valence-electron chi connectivity index (χ3n) is 4.97. The molecule has 5 heteroatoms. The molecule has 1 aliphatic heterocycles. The number of carbonyl (C=O) groups excluding carboxylic acids is 1. The number of piperazine rings is 1. The predicted molar refractivity (Wildman–Crippen MR) is 89.3 cm³/mol. The number of aryl methyl sites for hydroxylation is 1. The zero-order valence-corrected chi connectivity index (χ0v) is 13.4. The Morgan fingerprint density at radius 1 is 1.13 bits per heavy atom. The zero-order valence-electron chi connectivity index (χ0n) is 13.4. The second-order valence-electron chi connectivity index (χ2n) is 6.54. The molecule has 1 saturated carbocycles. The molecule has 5 nitrogen and oxygen atoms in total. The summed E-state index contributed by atoms with van der Waals surface area (Å²) < 4.78 is 1.81. The minimum atomic E-state index is 0.169. The van der Waals surface area contributed by atoms with Crippen molar-refractivity contribution in [1.82, 2.24) is 14.7 Å². The van der Waals surface area contributed by atoms with Crippen LogP contribution in [0.1, 0.15) is 17.9 Å². The van der Waals surface area contributed by atoms with E-state index in [9.17, 15) is 4.79 Å². The first-order chi connectivity index (χ1) is 11.2. The van der Waals surface area contributed by atoms with E-state index >= 15 is 0 Å². The second-order valence-corrected chi connectivity index (χ2v) is 6.54. The van der Waals surface area contributed by atoms with Crippen molar-refractivity contribution in [3.05, 3.63) is 48.3 Å². The molecule has 23 heavy (non-hydrogen) atoms. The van der Waals surface area contributed by atoms with Crippen LogP contribution in [-0.2, 0) is 11.8 Å². The van der Waals surface area contributed by atoms with Gasteiger partial charge in [0.15, 0.2) is 0 Å². The van der Waals surface area contributed by atoms with Crippen LogP contribution in [-0.4, -0.2) is 46.8 Å². The van der Waals surface area contributed by atoms with Crippen LogP contribution in [0.25, 0.3) is 0 Å². The summed E-state index contributed by atoms with van der Waals surface area (Å²) in [6.45, 7) is 3.48. The van der Waals surface area contributed by atoms with E-state index in [2.05, 4.69) is 34.3 Å². The summed E-state index contributed by atoms with van der Waals surface area (Å²) in [6, 6.07) is 10.4. The summed E-state index contributed by atoms with van der Waals surface area (Å²) in [5.74, 6) is 0.873. The van der Waals surface area contributed by atoms with Crippen molar-refractivity contribution < 1.29 is 4.79 Å². The molecule has 2 atom stereocenters. The second kappa shape index (κ2) is 5.72. The van der Waals surface area contributed by atoms with Crippen LogP contribution in [0.4, 0.5) is 5.69 Å². The summed E-state index contributed by atoms with van der Waals surface area (Å²) in [5, 5.41) is 4.21. The van der Waals surface area contributed by atoms with Crippen molar-refractivity contribution in [3.63, 3.8) is 0 Å². The number of amides is 1. The molecule has 0 spiro atoms. The number of rotatable bonds is 3. The van der Waals surface area contributed by atoms with Crippen LogP contribution in [0.15, 0.2) is 42.7 Å². The summed E-state index contributed by atoms with van der Waals surface area (Å²) in [4.78, 5) is 17.1. The lowest BCUT2D eigenvalue weighted by Gasteiger charge is -2.36. The van der Waals surface area contributed by atoms with Crippen LogP contribution in [0.3, 0.4) is 0 Å². The van der Waals surface area contributed by atoms with E-state index in [1.165, 1.54) is 11.3 Å². The molecule has 120 valence electrons. The summed E-state index contributed by atoms with van der Waals surface area (Å²) >= 11 is 0. The van der Waals surface area contributed by atoms with Gasteiger partial charge in [-0.3, -0.25) is 9.48 Å². The first kappa shape index (κ1) is 14.3. The molecule has 1 aromatic carbocycles. The van der Waals surface area contributed by atoms with E-state index < -0.39 is 0 Å². The first-order valence-corrected chi connectivity index (χ1v) is 8.30. The molecule has 4 rings (SSSR count). The minimum absolute atomic E-state index is 0.169. The maximum atomic E-state index is 12.7. The highest BCUT2D eigenvalue weighted by Crippen LogP contribution is 2.48. The van der Waals surface area contributed by atoms with Gasteiger partial charge in [0.25, 0.3) is 0 Å². The van der Waals surface area contributed by atoms with Gasteiger partial charge in [0.05, 0.1) is 6.20 Å². The van der Waals surface area contributed by atoms with Gasteiger partial charge < -0.3 is 9.80 Å². The SMILES string of the molecule is Cn1cc([C@H]2C[C@@H]2C(=O)N2CCN(c3ccccc3)CC2)cn1. The Bertz CT molecular complexity index is 688. The fourth-order valence-electron chi connectivity index (χ4n) is 3.53. The molecule has 2 aliphatic rings. The summed E-state index contributed by atoms with van der Waals surface area (Å²) in [6.07, 6.45) is 4.90. The van der Waals surface area contributed by atoms with Crippen LogP contribution in [0.5, 0.6) is 0 Å². The summed E-state index contributed by atoms with van der Waals surface area (Å²) in [5.41, 5.74) is 2.45. The molecule has 0 N–H and O–H groups in total. The van der Waals surface area contributed by atoms with E-state index in [4.69, 9.17) is 0 Å². The lowest BCUT2D eigenvalue weighted by molar-refractivity contribution is -0.132. The van der Waals surface area contributed by atoms with Crippen LogP contribution in [0.2, 0.25) is 0 Å². The molecular weight excluding hydrogens is 288 g/mol. The molecule has 1 amide bonds. The normalized spacial score (nSPS) is 23.9. The Hall–Kier alpha value is -2.30. The average molecular weight is 310 g/mol. The third-order valence-corrected chi connectivity index (χ3v) is 4.97. The molecular formula is C18H22N4O. The largest absolute Gasteiger partial charge is 0.368 e. The number of hydrogen-bond donors (Lipinski definition) is 0. The lowest BCUT2D eigenvalue weighted by atomic mass is 10.1. The quantitative estimate of drug-likeness (QED) is 0.869. The van der Waals surface area contributed by atoms with Gasteiger partial charge in [0.2, 0.25) is 5.91 Å². The van der Waals surface area contributed by atoms with E-state index in [0.29, 0.717) is 11.8 Å². The Kier molecular flexibility index (Phi) is 3.56. The Balaban J connectivity index is 1.33. The third kappa shape index (κ3) is 2.83. The van der Waals surface area contributed by atoms with Gasteiger partial charge in [-0.25, -0.2) is 0 Å². The highest BCUT2D eigenvalue weighted by molar-refractivity contribution is 5.83. The van der Waals surface area contributed by atoms with Gasteiger partial charge in [-0.05, 0) is 30.0 Å². The van der Waals surface area contributed by atoms with Gasteiger partial charge >= 0.3 is 0 Å². The maximum absolute atomic E-state index is 12.7. The molecule has 2 fully saturated rings. The van der Waals surface area contributed by atoms with Gasteiger partial charge in [-0.2, -0.15) is 5.10 Å². The van der Waals surface area contributed by atoms with Crippen LogP contribution in [0, 0.1) is 5.92 Å². The van der Waals surface area contributed by atoms with Gasteiger partial charge in [0, 0.05) is 51.0 Å². The molecule has 0 bridgehead atoms. The van der Waals surface area contributed by atoms with Crippen molar-refractivity contribution in [2.75, 3.05) is 31.1 Å². The van der Waals surface area contributed by atoms with Crippen molar-refractivity contribution >= 4 is 11.6 Å². The average Bonchev–Trinajstić information content (AvgIpc) is 3.29. The molecule has 1 aliphatic carbocycles. The van der Waals surface area contributed by atoms with E-state index in [1.807, 2.05) is 35.1 Å². The number of hydrogen-bond acceptors (Lipinski definition) is 3. The van der Waals surface area contributed by atoms with Gasteiger partial charge in [0.1, 0.15) is 0 Å². The van der Waals surface area contributed by atoms with E-state index in [0.717, 1.165) is 32.6 Å². The van der Waals surface area contributed by atoms with Gasteiger partial charge in [-0.15, -0.1) is 0 Å². The smallest absolute Gasteiger partial charge is 0.226 e. The molecule has 0 radical (unpaired) electrons. The van der Waals surface area contributed by atoms with Gasteiger partial charge in [-0.1, -0.05) is 18.2 Å². The highest BCUT2D eigenvalue weighted by atomic mass is 16.2. The number of carbonyl (C=O) groups is 1. The van der Waals surface area contributed by atoms with Crippen molar-refractivity contribution in [2.24, 2.45) is 13.0 Å². The fourth-order valence-corrected chi connectivity index (χ4v) is 3.53. The number of nitrogens with zero attached hydrogens (tertiary/aromatic N) is 4. The van der Waals surface area contributed by atoms with Crippen LogP contribution >= 0.6 is 0 Å². The van der Waals surface area contributed by atoms with E-state index in [-0.39, 0.29) is 5.92 Å². The standard InChI is InChI=1S/C18H22N4O/c1-20-13-14(12-19-20)16-11-17(16)18(23)22-9-7-21(8-10-22)15-5-3-2-4-6-15/h2-6,12-13,16-17H,7-11H2,1H3/t16-,17+/m1/s1. The molecule has 2 heterocycles. The lowest BCUT2D eigenvalue weighted by Crippen LogP contribution is -2.49. The van der Waals surface area contributed by atoms with Crippen LogP contribution < -0.4 is 4.90 Å². The monoisotopic (exact) mass is 310 g/mol. The van der Waals surface area contributed by atoms with Crippen molar-refractivity contribution in [1.29, 1.82) is 0 Å². The topological polar surface area (TPSA) is 41.4 Å².